The minimum Gasteiger partial charge on any atom is -0.385 e. The maximum Gasteiger partial charge on any atom is 0.106 e. The van der Waals surface area contributed by atoms with Crippen molar-refractivity contribution in [1.82, 2.24) is 9.55 Å². The molecule has 2 rings (SSSR count). The third kappa shape index (κ3) is 2.42. The molecule has 1 aromatic carbocycles. The Morgan fingerprint density at radius 2 is 2.24 bits per heavy atom. The molecule has 0 radical (unpaired) electrons. The topological polar surface area (TPSA) is 55.9 Å². The van der Waals surface area contributed by atoms with Crippen LogP contribution in [-0.2, 0) is 7.05 Å². The van der Waals surface area contributed by atoms with E-state index in [1.54, 1.807) is 0 Å². The number of hydrogen-bond acceptors (Lipinski definition) is 3. The van der Waals surface area contributed by atoms with Gasteiger partial charge in [-0.25, -0.2) is 4.98 Å². The number of aryl methyl sites for hydroxylation is 2. The van der Waals surface area contributed by atoms with Crippen molar-refractivity contribution in [3.63, 3.8) is 0 Å². The zero-order valence-electron chi connectivity index (χ0n) is 10.7. The maximum absolute atomic E-state index is 5.59. The van der Waals surface area contributed by atoms with E-state index in [1.165, 1.54) is 5.52 Å². The second-order valence-electron chi connectivity index (χ2n) is 4.64. The molecule has 0 spiro atoms. The smallest absolute Gasteiger partial charge is 0.106 e. The average molecular weight is 232 g/mol. The highest BCUT2D eigenvalue weighted by Crippen LogP contribution is 2.19. The maximum atomic E-state index is 5.59. The van der Waals surface area contributed by atoms with Crippen LogP contribution >= 0.6 is 0 Å². The van der Waals surface area contributed by atoms with Crippen LogP contribution in [0.4, 0.5) is 5.69 Å². The third-order valence-electron chi connectivity index (χ3n) is 3.16. The van der Waals surface area contributed by atoms with Gasteiger partial charge < -0.3 is 15.6 Å². The average Bonchev–Trinajstić information content (AvgIpc) is 2.62. The fraction of sp³-hybridized carbons (Fsp3) is 0.462. The number of hydrogen-bond donors (Lipinski definition) is 2. The Hall–Kier alpha value is -1.55. The molecule has 3 N–H and O–H groups in total. The summed E-state index contributed by atoms with van der Waals surface area (Å²) in [6.07, 6.45) is 0. The quantitative estimate of drug-likeness (QED) is 0.846. The first kappa shape index (κ1) is 11.9. The number of anilines is 1. The van der Waals surface area contributed by atoms with Gasteiger partial charge in [-0.15, -0.1) is 0 Å². The number of benzene rings is 1. The van der Waals surface area contributed by atoms with E-state index in [2.05, 4.69) is 40.0 Å². The van der Waals surface area contributed by atoms with Crippen molar-refractivity contribution in [1.29, 1.82) is 0 Å². The molecular formula is C13H20N4. The second-order valence-corrected chi connectivity index (χ2v) is 4.64. The highest BCUT2D eigenvalue weighted by atomic mass is 15.0. The zero-order chi connectivity index (χ0) is 12.4. The first-order valence-corrected chi connectivity index (χ1v) is 5.99. The number of nitrogens with two attached hydrogens (primary N) is 1. The van der Waals surface area contributed by atoms with E-state index in [0.717, 1.165) is 23.6 Å². The molecule has 1 heterocycles. The van der Waals surface area contributed by atoms with Crippen molar-refractivity contribution in [3.05, 3.63) is 24.0 Å². The Balaban J connectivity index is 2.20. The molecule has 0 aliphatic rings. The first-order chi connectivity index (χ1) is 8.11. The molecule has 17 heavy (non-hydrogen) atoms. The number of aromatic nitrogens is 2. The first-order valence-electron chi connectivity index (χ1n) is 5.99. The molecule has 2 aromatic rings. The van der Waals surface area contributed by atoms with Gasteiger partial charge in [0.05, 0.1) is 11.0 Å². The number of imidazole rings is 1. The molecule has 0 amide bonds. The van der Waals surface area contributed by atoms with Crippen LogP contribution in [-0.4, -0.2) is 22.6 Å². The molecule has 1 aromatic heterocycles. The van der Waals surface area contributed by atoms with Gasteiger partial charge in [-0.05, 0) is 37.6 Å². The Morgan fingerprint density at radius 1 is 1.47 bits per heavy atom. The molecule has 0 fully saturated rings. The molecule has 92 valence electrons. The number of fused-ring (bicyclic) bond motifs is 1. The van der Waals surface area contributed by atoms with Gasteiger partial charge in [0.25, 0.3) is 0 Å². The summed E-state index contributed by atoms with van der Waals surface area (Å²) in [5.41, 5.74) is 8.91. The van der Waals surface area contributed by atoms with E-state index >= 15 is 0 Å². The summed E-state index contributed by atoms with van der Waals surface area (Å²) in [5, 5.41) is 3.39. The van der Waals surface area contributed by atoms with E-state index in [0.29, 0.717) is 12.5 Å². The lowest BCUT2D eigenvalue weighted by molar-refractivity contribution is 0.628. The summed E-state index contributed by atoms with van der Waals surface area (Å²) < 4.78 is 2.10. The van der Waals surface area contributed by atoms with Crippen molar-refractivity contribution in [2.75, 3.05) is 18.4 Å². The molecule has 1 unspecified atom stereocenters. The van der Waals surface area contributed by atoms with Gasteiger partial charge in [0, 0.05) is 19.3 Å². The van der Waals surface area contributed by atoms with Crippen LogP contribution in [0.2, 0.25) is 0 Å². The number of nitrogens with zero attached hydrogens (tertiary/aromatic N) is 2. The predicted octanol–water partition coefficient (Wildman–Crippen LogP) is 1.89. The molecular weight excluding hydrogens is 212 g/mol. The van der Waals surface area contributed by atoms with E-state index < -0.39 is 0 Å². The SMILES string of the molecule is Cc1nc2cc(NCC(C)CN)ccc2n1C. The van der Waals surface area contributed by atoms with Crippen LogP contribution in [0.5, 0.6) is 0 Å². The Bertz CT molecular complexity index is 515. The van der Waals surface area contributed by atoms with Crippen molar-refractivity contribution in [3.8, 4) is 0 Å². The Morgan fingerprint density at radius 3 is 2.94 bits per heavy atom. The van der Waals surface area contributed by atoms with Crippen molar-refractivity contribution in [2.24, 2.45) is 18.7 Å². The summed E-state index contributed by atoms with van der Waals surface area (Å²) in [7, 11) is 2.04. The fourth-order valence-electron chi connectivity index (χ4n) is 1.81. The van der Waals surface area contributed by atoms with Gasteiger partial charge in [-0.1, -0.05) is 6.92 Å². The summed E-state index contributed by atoms with van der Waals surface area (Å²) in [6, 6.07) is 6.28. The molecule has 0 bridgehead atoms. The normalized spacial score (nSPS) is 12.9. The zero-order valence-corrected chi connectivity index (χ0v) is 10.7. The summed E-state index contributed by atoms with van der Waals surface area (Å²) in [5.74, 6) is 1.52. The van der Waals surface area contributed by atoms with Gasteiger partial charge in [-0.3, -0.25) is 0 Å². The monoisotopic (exact) mass is 232 g/mol. The summed E-state index contributed by atoms with van der Waals surface area (Å²) >= 11 is 0. The van der Waals surface area contributed by atoms with E-state index in [1.807, 2.05) is 14.0 Å². The van der Waals surface area contributed by atoms with Gasteiger partial charge in [0.2, 0.25) is 0 Å². The van der Waals surface area contributed by atoms with Crippen LogP contribution in [0.3, 0.4) is 0 Å². The van der Waals surface area contributed by atoms with Gasteiger partial charge in [0.15, 0.2) is 0 Å². The largest absolute Gasteiger partial charge is 0.385 e. The van der Waals surface area contributed by atoms with Crippen LogP contribution in [0, 0.1) is 12.8 Å². The second kappa shape index (κ2) is 4.75. The third-order valence-corrected chi connectivity index (χ3v) is 3.16. The van der Waals surface area contributed by atoms with E-state index in [-0.39, 0.29) is 0 Å². The van der Waals surface area contributed by atoms with Crippen LogP contribution in [0.25, 0.3) is 11.0 Å². The van der Waals surface area contributed by atoms with Crippen molar-refractivity contribution in [2.45, 2.75) is 13.8 Å². The van der Waals surface area contributed by atoms with Gasteiger partial charge in [-0.2, -0.15) is 0 Å². The van der Waals surface area contributed by atoms with E-state index in [9.17, 15) is 0 Å². The van der Waals surface area contributed by atoms with Gasteiger partial charge in [0.1, 0.15) is 5.82 Å². The Labute approximate surface area is 102 Å². The molecule has 0 aliphatic heterocycles. The van der Waals surface area contributed by atoms with Gasteiger partial charge >= 0.3 is 0 Å². The minimum absolute atomic E-state index is 0.483. The van der Waals surface area contributed by atoms with E-state index in [4.69, 9.17) is 5.73 Å². The Kier molecular flexibility index (Phi) is 3.33. The molecule has 0 saturated heterocycles. The van der Waals surface area contributed by atoms with Crippen LogP contribution < -0.4 is 11.1 Å². The van der Waals surface area contributed by atoms with Crippen molar-refractivity contribution >= 4 is 16.7 Å². The summed E-state index contributed by atoms with van der Waals surface area (Å²) in [6.45, 7) is 5.76. The predicted molar refractivity (Wildman–Crippen MR) is 72.2 cm³/mol. The highest BCUT2D eigenvalue weighted by molar-refractivity contribution is 5.80. The molecule has 1 atom stereocenters. The van der Waals surface area contributed by atoms with Crippen LogP contribution in [0.15, 0.2) is 18.2 Å². The van der Waals surface area contributed by atoms with Crippen molar-refractivity contribution < 1.29 is 0 Å². The number of nitrogens with one attached hydrogen (secondary N) is 1. The van der Waals surface area contributed by atoms with Crippen LogP contribution in [0.1, 0.15) is 12.7 Å². The molecule has 4 nitrogen and oxygen atoms in total. The minimum atomic E-state index is 0.483. The standard InChI is InChI=1S/C13H20N4/c1-9(7-14)8-15-11-4-5-13-12(6-11)16-10(2)17(13)3/h4-6,9,15H,7-8,14H2,1-3H3. The fourth-order valence-corrected chi connectivity index (χ4v) is 1.81. The molecule has 0 saturated carbocycles. The lowest BCUT2D eigenvalue weighted by atomic mass is 10.2. The lowest BCUT2D eigenvalue weighted by Gasteiger charge is -2.11. The molecule has 0 aliphatic carbocycles. The number of rotatable bonds is 4. The molecule has 4 heteroatoms. The summed E-state index contributed by atoms with van der Waals surface area (Å²) in [4.78, 5) is 4.52. The lowest BCUT2D eigenvalue weighted by Crippen LogP contribution is -2.19. The highest BCUT2D eigenvalue weighted by Gasteiger charge is 2.05.